The van der Waals surface area contributed by atoms with E-state index in [1.807, 2.05) is 24.3 Å². The molecule has 2 fully saturated rings. The Morgan fingerprint density at radius 1 is 0.861 bits per heavy atom. The Morgan fingerprint density at radius 3 is 2.31 bits per heavy atom. The van der Waals surface area contributed by atoms with Crippen LogP contribution in [0.3, 0.4) is 0 Å². The van der Waals surface area contributed by atoms with Gasteiger partial charge < -0.3 is 14.6 Å². The highest BCUT2D eigenvalue weighted by Gasteiger charge is 2.38. The summed E-state index contributed by atoms with van der Waals surface area (Å²) in [5.41, 5.74) is 2.41. The predicted molar refractivity (Wildman–Crippen MR) is 139 cm³/mol. The van der Waals surface area contributed by atoms with Crippen molar-refractivity contribution in [3.05, 3.63) is 65.7 Å². The van der Waals surface area contributed by atoms with Gasteiger partial charge in [-0.25, -0.2) is 0 Å². The van der Waals surface area contributed by atoms with E-state index in [9.17, 15) is 14.7 Å². The number of piperidine rings is 1. The summed E-state index contributed by atoms with van der Waals surface area (Å²) in [6.07, 6.45) is 7.70. The number of benzene rings is 2. The standard InChI is InChI=1S/C30H39NO5/c32-29(33)26-14-6-7-15-27(26)30(34)36-25(21-31-19-9-2-10-20-31)22-35-28-16-8-5-13-24(28)18-17-23-11-3-1-4-12-23/h1,3-5,8,11-13,16,25-27H,2,6-7,9-10,14-15,17-22H2,(H,32,33). The summed E-state index contributed by atoms with van der Waals surface area (Å²) in [5, 5.41) is 9.63. The summed E-state index contributed by atoms with van der Waals surface area (Å²) < 4.78 is 12.3. The van der Waals surface area contributed by atoms with Crippen LogP contribution in [-0.4, -0.2) is 54.3 Å². The molecule has 0 amide bonds. The fourth-order valence-corrected chi connectivity index (χ4v) is 5.47. The zero-order chi connectivity index (χ0) is 25.2. The monoisotopic (exact) mass is 493 g/mol. The van der Waals surface area contributed by atoms with Crippen LogP contribution in [0.15, 0.2) is 54.6 Å². The third-order valence-corrected chi connectivity index (χ3v) is 7.50. The maximum absolute atomic E-state index is 13.1. The summed E-state index contributed by atoms with van der Waals surface area (Å²) in [7, 11) is 0. The van der Waals surface area contributed by atoms with Crippen LogP contribution in [0.2, 0.25) is 0 Å². The first kappa shape index (κ1) is 26.2. The van der Waals surface area contributed by atoms with Crippen molar-refractivity contribution in [2.24, 2.45) is 11.8 Å². The van der Waals surface area contributed by atoms with Crippen LogP contribution >= 0.6 is 0 Å². The van der Waals surface area contributed by atoms with Crippen molar-refractivity contribution in [3.8, 4) is 5.75 Å². The molecule has 2 aromatic carbocycles. The second kappa shape index (κ2) is 13.4. The molecule has 2 aliphatic rings. The molecule has 194 valence electrons. The van der Waals surface area contributed by atoms with Gasteiger partial charge in [0, 0.05) is 6.54 Å². The lowest BCUT2D eigenvalue weighted by atomic mass is 9.79. The summed E-state index contributed by atoms with van der Waals surface area (Å²) in [4.78, 5) is 27.2. The molecule has 3 atom stereocenters. The SMILES string of the molecule is O=C(O)C1CCCCC1C(=O)OC(COc1ccccc1CCc1ccccc1)CN1CCCCC1. The number of aliphatic carboxylic acids is 1. The fourth-order valence-electron chi connectivity index (χ4n) is 5.47. The first-order valence-electron chi connectivity index (χ1n) is 13.5. The molecule has 36 heavy (non-hydrogen) atoms. The molecule has 1 heterocycles. The molecule has 1 aliphatic carbocycles. The lowest BCUT2D eigenvalue weighted by Gasteiger charge is -2.32. The van der Waals surface area contributed by atoms with Crippen LogP contribution in [0.1, 0.15) is 56.1 Å². The molecule has 1 aliphatic heterocycles. The van der Waals surface area contributed by atoms with Crippen molar-refractivity contribution in [3.63, 3.8) is 0 Å². The van der Waals surface area contributed by atoms with Gasteiger partial charge in [0.15, 0.2) is 0 Å². The van der Waals surface area contributed by atoms with E-state index >= 15 is 0 Å². The number of carbonyl (C=O) groups excluding carboxylic acids is 1. The first-order chi connectivity index (χ1) is 17.6. The number of hydrogen-bond donors (Lipinski definition) is 1. The Kier molecular flexibility index (Phi) is 9.79. The molecule has 6 nitrogen and oxygen atoms in total. The topological polar surface area (TPSA) is 76.1 Å². The van der Waals surface area contributed by atoms with Crippen molar-refractivity contribution in [1.82, 2.24) is 4.90 Å². The lowest BCUT2D eigenvalue weighted by molar-refractivity contribution is -0.165. The minimum atomic E-state index is -0.896. The number of carboxylic acid groups (broad SMARTS) is 1. The quantitative estimate of drug-likeness (QED) is 0.437. The van der Waals surface area contributed by atoms with E-state index in [4.69, 9.17) is 9.47 Å². The smallest absolute Gasteiger partial charge is 0.310 e. The third-order valence-electron chi connectivity index (χ3n) is 7.50. The van der Waals surface area contributed by atoms with Crippen LogP contribution in [0.4, 0.5) is 0 Å². The Hall–Kier alpha value is -2.86. The highest BCUT2D eigenvalue weighted by Crippen LogP contribution is 2.32. The van der Waals surface area contributed by atoms with Crippen LogP contribution in [0, 0.1) is 11.8 Å². The largest absolute Gasteiger partial charge is 0.489 e. The second-order valence-electron chi connectivity index (χ2n) is 10.2. The van der Waals surface area contributed by atoms with E-state index in [1.54, 1.807) is 0 Å². The van der Waals surface area contributed by atoms with E-state index in [1.165, 1.54) is 12.0 Å². The molecule has 0 aromatic heterocycles. The Labute approximate surface area is 214 Å². The summed E-state index contributed by atoms with van der Waals surface area (Å²) in [5.74, 6) is -1.69. The first-order valence-corrected chi connectivity index (χ1v) is 13.5. The molecule has 2 aromatic rings. The zero-order valence-corrected chi connectivity index (χ0v) is 21.1. The number of para-hydroxylation sites is 1. The Morgan fingerprint density at radius 2 is 1.56 bits per heavy atom. The van der Waals surface area contributed by atoms with Crippen LogP contribution in [0.25, 0.3) is 0 Å². The molecule has 6 heteroatoms. The number of rotatable bonds is 11. The maximum atomic E-state index is 13.1. The van der Waals surface area contributed by atoms with E-state index in [-0.39, 0.29) is 12.6 Å². The van der Waals surface area contributed by atoms with Crippen molar-refractivity contribution >= 4 is 11.9 Å². The number of carboxylic acids is 1. The number of ether oxygens (including phenoxy) is 2. The molecule has 0 spiro atoms. The van der Waals surface area contributed by atoms with E-state index in [0.717, 1.165) is 62.9 Å². The van der Waals surface area contributed by atoms with Gasteiger partial charge >= 0.3 is 11.9 Å². The molecule has 0 bridgehead atoms. The fraction of sp³-hybridized carbons (Fsp3) is 0.533. The van der Waals surface area contributed by atoms with Gasteiger partial charge in [-0.2, -0.15) is 0 Å². The molecule has 1 N–H and O–H groups in total. The molecule has 1 saturated heterocycles. The van der Waals surface area contributed by atoms with Gasteiger partial charge in [-0.3, -0.25) is 14.5 Å². The number of likely N-dealkylation sites (tertiary alicyclic amines) is 1. The van der Waals surface area contributed by atoms with Gasteiger partial charge in [-0.15, -0.1) is 0 Å². The number of hydrogen-bond acceptors (Lipinski definition) is 5. The van der Waals surface area contributed by atoms with E-state index in [0.29, 0.717) is 19.4 Å². The molecular weight excluding hydrogens is 454 g/mol. The number of esters is 1. The van der Waals surface area contributed by atoms with E-state index < -0.39 is 23.9 Å². The minimum absolute atomic E-state index is 0.259. The average molecular weight is 494 g/mol. The highest BCUT2D eigenvalue weighted by molar-refractivity contribution is 5.81. The average Bonchev–Trinajstić information content (AvgIpc) is 2.92. The van der Waals surface area contributed by atoms with Gasteiger partial charge in [0.25, 0.3) is 0 Å². The number of nitrogens with zero attached hydrogens (tertiary/aromatic N) is 1. The molecule has 1 saturated carbocycles. The summed E-state index contributed by atoms with van der Waals surface area (Å²) in [6, 6.07) is 18.4. The van der Waals surface area contributed by atoms with Gasteiger partial charge in [0.2, 0.25) is 0 Å². The van der Waals surface area contributed by atoms with E-state index in [2.05, 4.69) is 35.2 Å². The molecule has 0 radical (unpaired) electrons. The number of carbonyl (C=O) groups is 2. The molecular formula is C30H39NO5. The normalized spacial score (nSPS) is 21.4. The predicted octanol–water partition coefficient (Wildman–Crippen LogP) is 5.14. The van der Waals surface area contributed by atoms with Gasteiger partial charge in [0.05, 0.1) is 11.8 Å². The van der Waals surface area contributed by atoms with Crippen molar-refractivity contribution in [2.45, 2.75) is 63.9 Å². The maximum Gasteiger partial charge on any atom is 0.310 e. The summed E-state index contributed by atoms with van der Waals surface area (Å²) >= 11 is 0. The third kappa shape index (κ3) is 7.57. The van der Waals surface area contributed by atoms with Crippen LogP contribution in [-0.2, 0) is 27.2 Å². The Balaban J connectivity index is 1.41. The van der Waals surface area contributed by atoms with Crippen LogP contribution < -0.4 is 4.74 Å². The van der Waals surface area contributed by atoms with Crippen molar-refractivity contribution < 1.29 is 24.2 Å². The summed E-state index contributed by atoms with van der Waals surface area (Å²) in [6.45, 7) is 2.85. The van der Waals surface area contributed by atoms with Gasteiger partial charge in [-0.1, -0.05) is 67.8 Å². The van der Waals surface area contributed by atoms with Gasteiger partial charge in [0.1, 0.15) is 18.5 Å². The molecule has 3 unspecified atom stereocenters. The number of aryl methyl sites for hydroxylation is 2. The minimum Gasteiger partial charge on any atom is -0.489 e. The van der Waals surface area contributed by atoms with Crippen molar-refractivity contribution in [2.75, 3.05) is 26.2 Å². The Bertz CT molecular complexity index is 972. The lowest BCUT2D eigenvalue weighted by Crippen LogP contribution is -2.43. The van der Waals surface area contributed by atoms with Crippen molar-refractivity contribution in [1.29, 1.82) is 0 Å². The zero-order valence-electron chi connectivity index (χ0n) is 21.1. The molecule has 4 rings (SSSR count). The highest BCUT2D eigenvalue weighted by atomic mass is 16.6. The second-order valence-corrected chi connectivity index (χ2v) is 10.2. The van der Waals surface area contributed by atoms with Gasteiger partial charge in [-0.05, 0) is 68.8 Å². The van der Waals surface area contributed by atoms with Crippen LogP contribution in [0.5, 0.6) is 5.75 Å².